The number of allylic oxidation sites excluding steroid dienone is 3. The summed E-state index contributed by atoms with van der Waals surface area (Å²) in [6.07, 6.45) is 11.1. The molecule has 0 spiro atoms. The van der Waals surface area contributed by atoms with Crippen molar-refractivity contribution in [3.63, 3.8) is 0 Å². The molecule has 4 aliphatic rings. The molecule has 6 nitrogen and oxygen atoms in total. The van der Waals surface area contributed by atoms with Gasteiger partial charge in [0.1, 0.15) is 4.99 Å². The van der Waals surface area contributed by atoms with Gasteiger partial charge in [0.05, 0.1) is 0 Å². The van der Waals surface area contributed by atoms with Gasteiger partial charge in [-0.3, -0.25) is 9.69 Å². The molecule has 2 saturated heterocycles. The Bertz CT molecular complexity index is 912. The predicted octanol–water partition coefficient (Wildman–Crippen LogP) is 4.60. The number of hydrazone groups is 1. The van der Waals surface area contributed by atoms with Gasteiger partial charge in [-0.05, 0) is 72.5 Å². The molecular weight excluding hydrogens is 420 g/mol. The molecule has 0 amide bonds. The van der Waals surface area contributed by atoms with E-state index in [4.69, 9.17) is 23.9 Å². The van der Waals surface area contributed by atoms with Crippen molar-refractivity contribution in [3.8, 4) is 0 Å². The largest absolute Gasteiger partial charge is 0.480 e. The van der Waals surface area contributed by atoms with Crippen LogP contribution < -0.4 is 0 Å². The van der Waals surface area contributed by atoms with Crippen molar-refractivity contribution in [2.75, 3.05) is 19.6 Å². The molecule has 3 fully saturated rings. The fourth-order valence-corrected chi connectivity index (χ4v) is 6.67. The van der Waals surface area contributed by atoms with E-state index in [9.17, 15) is 4.79 Å². The minimum Gasteiger partial charge on any atom is -0.480 e. The third-order valence-corrected chi connectivity index (χ3v) is 8.84. The van der Waals surface area contributed by atoms with Crippen molar-refractivity contribution in [2.45, 2.75) is 59.4 Å². The Morgan fingerprint density at radius 1 is 1.22 bits per heavy atom. The minimum absolute atomic E-state index is 0.169. The van der Waals surface area contributed by atoms with E-state index in [1.807, 2.05) is 12.2 Å². The summed E-state index contributed by atoms with van der Waals surface area (Å²) in [4.78, 5) is 17.6. The van der Waals surface area contributed by atoms with Gasteiger partial charge in [0.2, 0.25) is 0 Å². The molecule has 7 heteroatoms. The van der Waals surface area contributed by atoms with Gasteiger partial charge in [0.15, 0.2) is 6.54 Å². The maximum atomic E-state index is 11.0. The molecule has 0 aromatic rings. The monoisotopic (exact) mass is 454 g/mol. The molecule has 32 heavy (non-hydrogen) atoms. The SMILES string of the molecule is [C-]#[N+]C1=NN(CC(=O)O)C(=S)/C1=C\C=C\C1CC2C3C(C1)C(C)(C)CCN3CCC2(C)C. The van der Waals surface area contributed by atoms with E-state index in [1.54, 1.807) is 0 Å². The first-order chi connectivity index (χ1) is 15.0. The van der Waals surface area contributed by atoms with Gasteiger partial charge in [-0.2, -0.15) is 5.01 Å². The van der Waals surface area contributed by atoms with Crippen LogP contribution >= 0.6 is 12.2 Å². The van der Waals surface area contributed by atoms with Crippen molar-refractivity contribution in [1.29, 1.82) is 0 Å². The molecule has 3 heterocycles. The fourth-order valence-electron chi connectivity index (χ4n) is 6.40. The zero-order valence-electron chi connectivity index (χ0n) is 19.5. The highest BCUT2D eigenvalue weighted by Crippen LogP contribution is 2.56. The Balaban J connectivity index is 1.55. The molecule has 2 unspecified atom stereocenters. The summed E-state index contributed by atoms with van der Waals surface area (Å²) in [5.41, 5.74) is 1.25. The van der Waals surface area contributed by atoms with Crippen LogP contribution in [-0.4, -0.2) is 57.5 Å². The van der Waals surface area contributed by atoms with Crippen LogP contribution in [0.2, 0.25) is 0 Å². The van der Waals surface area contributed by atoms with Gasteiger partial charge in [0.25, 0.3) is 0 Å². The van der Waals surface area contributed by atoms with Crippen LogP contribution in [0, 0.1) is 35.2 Å². The standard InChI is InChI=1S/C25H34N4O2S/c1-24(2)9-11-28-12-10-25(3,4)19-14-16(13-18(24)21(19)28)7-6-8-17-22(26-5)27-29(23(17)32)15-20(30)31/h6-8,16,18-19,21H,9-15H2,1-4H3,(H,30,31)/b7-6+,17-8-. The van der Waals surface area contributed by atoms with E-state index in [2.05, 4.69) is 48.6 Å². The highest BCUT2D eigenvalue weighted by molar-refractivity contribution is 7.80. The Labute approximate surface area is 196 Å². The van der Waals surface area contributed by atoms with Crippen LogP contribution in [0.1, 0.15) is 53.4 Å². The van der Waals surface area contributed by atoms with Gasteiger partial charge in [0, 0.05) is 11.6 Å². The summed E-state index contributed by atoms with van der Waals surface area (Å²) in [6.45, 7) is 19.3. The number of hydrogen-bond acceptors (Lipinski definition) is 4. The van der Waals surface area contributed by atoms with E-state index in [0.29, 0.717) is 45.2 Å². The Kier molecular flexibility index (Phi) is 6.06. The molecule has 1 aliphatic carbocycles. The van der Waals surface area contributed by atoms with E-state index in [1.165, 1.54) is 43.8 Å². The highest BCUT2D eigenvalue weighted by Gasteiger charge is 2.54. The zero-order chi connectivity index (χ0) is 23.3. The number of amidine groups is 1. The van der Waals surface area contributed by atoms with Crippen LogP contribution in [0.4, 0.5) is 0 Å². The maximum absolute atomic E-state index is 11.0. The zero-order valence-corrected chi connectivity index (χ0v) is 20.4. The molecule has 2 atom stereocenters. The quantitative estimate of drug-likeness (QED) is 0.382. The second-order valence-electron chi connectivity index (χ2n) is 11.2. The number of carboxylic acids is 1. The smallest absolute Gasteiger partial charge is 0.327 e. The van der Waals surface area contributed by atoms with Gasteiger partial charge in [-0.25, -0.2) is 0 Å². The minimum atomic E-state index is -1.02. The molecule has 0 aromatic heterocycles. The molecule has 0 radical (unpaired) electrons. The van der Waals surface area contributed by atoms with Crippen LogP contribution in [0.5, 0.6) is 0 Å². The van der Waals surface area contributed by atoms with Crippen molar-refractivity contribution < 1.29 is 9.90 Å². The molecule has 1 N–H and O–H groups in total. The highest BCUT2D eigenvalue weighted by atomic mass is 32.1. The van der Waals surface area contributed by atoms with Gasteiger partial charge in [-0.1, -0.05) is 64.7 Å². The number of hydrogen-bond donors (Lipinski definition) is 1. The first-order valence-corrected chi connectivity index (χ1v) is 12.1. The Hall–Kier alpha value is -2.04. The van der Waals surface area contributed by atoms with Crippen LogP contribution in [0.15, 0.2) is 28.9 Å². The number of thiocarbonyl (C=S) groups is 1. The lowest BCUT2D eigenvalue weighted by molar-refractivity contribution is -0.137. The van der Waals surface area contributed by atoms with E-state index < -0.39 is 5.97 Å². The van der Waals surface area contributed by atoms with Gasteiger partial charge >= 0.3 is 11.8 Å². The maximum Gasteiger partial charge on any atom is 0.327 e. The van der Waals surface area contributed by atoms with Crippen molar-refractivity contribution in [3.05, 3.63) is 35.2 Å². The number of piperidine rings is 2. The summed E-state index contributed by atoms with van der Waals surface area (Å²) in [7, 11) is 0. The molecule has 172 valence electrons. The molecule has 4 rings (SSSR count). The predicted molar refractivity (Wildman–Crippen MR) is 130 cm³/mol. The summed E-state index contributed by atoms with van der Waals surface area (Å²) in [6, 6.07) is 0.693. The third-order valence-electron chi connectivity index (χ3n) is 8.41. The van der Waals surface area contributed by atoms with E-state index >= 15 is 0 Å². The second-order valence-corrected chi connectivity index (χ2v) is 11.6. The van der Waals surface area contributed by atoms with Crippen LogP contribution in [-0.2, 0) is 4.79 Å². The molecule has 0 aromatic carbocycles. The summed E-state index contributed by atoms with van der Waals surface area (Å²) >= 11 is 5.38. The summed E-state index contributed by atoms with van der Waals surface area (Å²) in [5, 5.41) is 14.3. The van der Waals surface area contributed by atoms with Crippen molar-refractivity contribution >= 4 is 29.0 Å². The van der Waals surface area contributed by atoms with Crippen LogP contribution in [0.25, 0.3) is 4.85 Å². The van der Waals surface area contributed by atoms with Crippen LogP contribution in [0.3, 0.4) is 0 Å². The lowest BCUT2D eigenvalue weighted by atomic mass is 9.52. The van der Waals surface area contributed by atoms with Gasteiger partial charge in [-0.15, -0.1) is 0 Å². The fraction of sp³-hybridized carbons (Fsp3) is 0.680. The molecule has 0 bridgehead atoms. The first kappa shape index (κ1) is 23.1. The summed E-state index contributed by atoms with van der Waals surface area (Å²) in [5.74, 6) is 1.02. The van der Waals surface area contributed by atoms with Gasteiger partial charge < -0.3 is 9.95 Å². The van der Waals surface area contributed by atoms with Crippen molar-refractivity contribution in [1.82, 2.24) is 9.91 Å². The molecule has 3 aliphatic heterocycles. The number of carboxylic acid groups (broad SMARTS) is 1. The van der Waals surface area contributed by atoms with E-state index in [0.717, 1.165) is 0 Å². The number of nitrogens with zero attached hydrogens (tertiary/aromatic N) is 4. The number of aliphatic carboxylic acids is 1. The molecular formula is C25H34N4O2S. The average Bonchev–Trinajstić information content (AvgIpc) is 3.01. The lowest BCUT2D eigenvalue weighted by Crippen LogP contribution is -2.63. The lowest BCUT2D eigenvalue weighted by Gasteiger charge is -2.62. The topological polar surface area (TPSA) is 60.5 Å². The Morgan fingerprint density at radius 2 is 1.81 bits per heavy atom. The average molecular weight is 455 g/mol. The Morgan fingerprint density at radius 3 is 2.34 bits per heavy atom. The van der Waals surface area contributed by atoms with Crippen molar-refractivity contribution in [2.24, 2.45) is 33.7 Å². The second kappa shape index (κ2) is 8.39. The normalized spacial score (nSPS) is 35.0. The summed E-state index contributed by atoms with van der Waals surface area (Å²) < 4.78 is 0. The molecule has 1 saturated carbocycles. The third kappa shape index (κ3) is 4.15. The van der Waals surface area contributed by atoms with E-state index in [-0.39, 0.29) is 12.4 Å². The number of carbonyl (C=O) groups is 1. The number of rotatable bonds is 4. The first-order valence-electron chi connectivity index (χ1n) is 11.7.